The van der Waals surface area contributed by atoms with Crippen LogP contribution in [0.15, 0.2) is 47.0 Å². The highest BCUT2D eigenvalue weighted by atomic mass is 16.3. The van der Waals surface area contributed by atoms with E-state index in [9.17, 15) is 0 Å². The van der Waals surface area contributed by atoms with Crippen LogP contribution in [0, 0.1) is 20.8 Å². The first-order valence-electron chi connectivity index (χ1n) is 11.2. The van der Waals surface area contributed by atoms with Crippen molar-refractivity contribution in [3.8, 4) is 22.7 Å². The van der Waals surface area contributed by atoms with E-state index in [0.717, 1.165) is 28.2 Å². The first-order valence-corrected chi connectivity index (χ1v) is 11.2. The van der Waals surface area contributed by atoms with Crippen molar-refractivity contribution in [1.82, 2.24) is 4.98 Å². The van der Waals surface area contributed by atoms with Crippen LogP contribution in [0.2, 0.25) is 0 Å². The molecule has 4 aromatic rings. The molecule has 0 saturated heterocycles. The number of aryl methyl sites for hydroxylation is 3. The van der Waals surface area contributed by atoms with Crippen molar-refractivity contribution >= 4 is 11.1 Å². The smallest absolute Gasteiger partial charge is 0.228 e. The van der Waals surface area contributed by atoms with Gasteiger partial charge in [0.2, 0.25) is 23.4 Å². The second kappa shape index (κ2) is 7.96. The number of benzene rings is 2. The molecule has 0 radical (unpaired) electrons. The van der Waals surface area contributed by atoms with Crippen LogP contribution < -0.4 is 4.57 Å². The van der Waals surface area contributed by atoms with Gasteiger partial charge in [-0.1, -0.05) is 57.5 Å². The molecule has 0 aliphatic carbocycles. The molecule has 3 nitrogen and oxygen atoms in total. The Labute approximate surface area is 185 Å². The molecular formula is C28H33N2O+. The van der Waals surface area contributed by atoms with E-state index in [-0.39, 0.29) is 0 Å². The molecule has 0 saturated carbocycles. The summed E-state index contributed by atoms with van der Waals surface area (Å²) in [5.74, 6) is 1.51. The molecule has 4 rings (SSSR count). The Morgan fingerprint density at radius 2 is 1.55 bits per heavy atom. The first kappa shape index (κ1) is 21.3. The third kappa shape index (κ3) is 3.78. The molecule has 2 heterocycles. The fraction of sp³-hybridized carbons (Fsp3) is 0.357. The van der Waals surface area contributed by atoms with Crippen molar-refractivity contribution in [2.75, 3.05) is 0 Å². The van der Waals surface area contributed by atoms with Crippen molar-refractivity contribution < 1.29 is 8.98 Å². The molecular weight excluding hydrogens is 380 g/mol. The van der Waals surface area contributed by atoms with E-state index in [2.05, 4.69) is 103 Å². The van der Waals surface area contributed by atoms with Gasteiger partial charge in [0.05, 0.1) is 0 Å². The van der Waals surface area contributed by atoms with Gasteiger partial charge in [-0.15, -0.1) is 0 Å². The molecule has 0 atom stereocenters. The highest BCUT2D eigenvalue weighted by molar-refractivity contribution is 5.80. The maximum atomic E-state index is 6.35. The summed E-state index contributed by atoms with van der Waals surface area (Å²) in [6, 6.07) is 13.2. The number of aromatic nitrogens is 2. The van der Waals surface area contributed by atoms with Crippen molar-refractivity contribution in [3.05, 3.63) is 70.4 Å². The van der Waals surface area contributed by atoms with Crippen molar-refractivity contribution in [3.63, 3.8) is 0 Å². The lowest BCUT2D eigenvalue weighted by Gasteiger charge is -2.17. The minimum atomic E-state index is 0.397. The average molecular weight is 414 g/mol. The second-order valence-corrected chi connectivity index (χ2v) is 9.41. The first-order chi connectivity index (χ1) is 14.7. The number of hydrogen-bond acceptors (Lipinski definition) is 2. The number of hydrogen-bond donors (Lipinski definition) is 0. The maximum absolute atomic E-state index is 6.35. The third-order valence-corrected chi connectivity index (χ3v) is 6.32. The molecule has 0 aliphatic heterocycles. The predicted octanol–water partition coefficient (Wildman–Crippen LogP) is 7.16. The number of nitrogens with zero attached hydrogens (tertiary/aromatic N) is 2. The molecule has 0 bridgehead atoms. The minimum absolute atomic E-state index is 0.397. The summed E-state index contributed by atoms with van der Waals surface area (Å²) in [6.45, 7) is 15.4. The summed E-state index contributed by atoms with van der Waals surface area (Å²) in [4.78, 5) is 4.99. The number of rotatable bonds is 4. The van der Waals surface area contributed by atoms with Crippen molar-refractivity contribution in [2.45, 2.75) is 60.3 Å². The minimum Gasteiger partial charge on any atom is -0.430 e. The van der Waals surface area contributed by atoms with E-state index in [0.29, 0.717) is 11.8 Å². The Morgan fingerprint density at radius 3 is 2.16 bits per heavy atom. The summed E-state index contributed by atoms with van der Waals surface area (Å²) >= 11 is 0. The molecule has 0 unspecified atom stereocenters. The van der Waals surface area contributed by atoms with Gasteiger partial charge in [0.25, 0.3) is 0 Å². The number of pyridine rings is 1. The van der Waals surface area contributed by atoms with Crippen LogP contribution in [0.5, 0.6) is 0 Å². The number of fused-ring (bicyclic) bond motifs is 1. The molecule has 2 aromatic heterocycles. The molecule has 0 aliphatic rings. The van der Waals surface area contributed by atoms with Crippen LogP contribution >= 0.6 is 0 Å². The fourth-order valence-corrected chi connectivity index (χ4v) is 4.49. The lowest BCUT2D eigenvalue weighted by Crippen LogP contribution is -2.30. The quantitative estimate of drug-likeness (QED) is 0.332. The number of oxazole rings is 1. The molecule has 0 spiro atoms. The summed E-state index contributed by atoms with van der Waals surface area (Å²) in [5, 5.41) is 0. The van der Waals surface area contributed by atoms with Gasteiger partial charge in [0, 0.05) is 17.2 Å². The molecule has 0 N–H and O–H groups in total. The van der Waals surface area contributed by atoms with Crippen molar-refractivity contribution in [1.29, 1.82) is 0 Å². The van der Waals surface area contributed by atoms with Crippen LogP contribution in [0.3, 0.4) is 0 Å². The highest BCUT2D eigenvalue weighted by Crippen LogP contribution is 2.37. The van der Waals surface area contributed by atoms with Gasteiger partial charge in [-0.3, -0.25) is 0 Å². The predicted molar refractivity (Wildman–Crippen MR) is 128 cm³/mol. The molecule has 0 amide bonds. The Hall–Kier alpha value is -2.94. The summed E-state index contributed by atoms with van der Waals surface area (Å²) in [5.41, 5.74) is 11.7. The summed E-state index contributed by atoms with van der Waals surface area (Å²) in [7, 11) is 2.08. The third-order valence-electron chi connectivity index (χ3n) is 6.32. The van der Waals surface area contributed by atoms with Gasteiger partial charge in [-0.25, -0.2) is 4.98 Å². The highest BCUT2D eigenvalue weighted by Gasteiger charge is 2.23. The van der Waals surface area contributed by atoms with E-state index >= 15 is 0 Å². The Morgan fingerprint density at radius 1 is 0.903 bits per heavy atom. The molecule has 0 fully saturated rings. The van der Waals surface area contributed by atoms with Gasteiger partial charge in [-0.2, -0.15) is 4.57 Å². The molecule has 3 heteroatoms. The summed E-state index contributed by atoms with van der Waals surface area (Å²) in [6.07, 6.45) is 2.06. The molecule has 160 valence electrons. The van der Waals surface area contributed by atoms with Crippen molar-refractivity contribution in [2.24, 2.45) is 7.05 Å². The zero-order valence-electron chi connectivity index (χ0n) is 20.0. The van der Waals surface area contributed by atoms with Gasteiger partial charge in [0.1, 0.15) is 12.6 Å². The van der Waals surface area contributed by atoms with Gasteiger partial charge < -0.3 is 4.42 Å². The van der Waals surface area contributed by atoms with E-state index < -0.39 is 0 Å². The van der Waals surface area contributed by atoms with Gasteiger partial charge in [0.15, 0.2) is 0 Å². The van der Waals surface area contributed by atoms with Gasteiger partial charge >= 0.3 is 0 Å². The monoisotopic (exact) mass is 413 g/mol. The zero-order valence-corrected chi connectivity index (χ0v) is 20.0. The Balaban J connectivity index is 1.95. The van der Waals surface area contributed by atoms with E-state index in [4.69, 9.17) is 9.40 Å². The standard InChI is InChI=1S/C28H33N2O/c1-16(2)21-10-9-11-22(17(3)4)27(21)28-29-24-14-25(30(8)15-26(24)31-28)23-13-18(5)12-19(6)20(23)7/h9-17H,1-8H3/q+1. The average Bonchev–Trinajstić information content (AvgIpc) is 3.11. The topological polar surface area (TPSA) is 29.9 Å². The van der Waals surface area contributed by atoms with E-state index in [1.165, 1.54) is 33.4 Å². The largest absolute Gasteiger partial charge is 0.430 e. The van der Waals surface area contributed by atoms with Crippen LogP contribution in [0.25, 0.3) is 33.8 Å². The van der Waals surface area contributed by atoms with Crippen LogP contribution in [-0.4, -0.2) is 4.98 Å². The fourth-order valence-electron chi connectivity index (χ4n) is 4.49. The lowest BCUT2D eigenvalue weighted by molar-refractivity contribution is -0.659. The maximum Gasteiger partial charge on any atom is 0.228 e. The SMILES string of the molecule is Cc1cc(C)c(C)c(-c2cc3nc(-c4c(C(C)C)cccc4C(C)C)oc3c[n+]2C)c1. The second-order valence-electron chi connectivity index (χ2n) is 9.41. The Bertz CT molecular complexity index is 1250. The van der Waals surface area contributed by atoms with Crippen LogP contribution in [0.4, 0.5) is 0 Å². The van der Waals surface area contributed by atoms with E-state index in [1.807, 2.05) is 0 Å². The van der Waals surface area contributed by atoms with E-state index in [1.54, 1.807) is 0 Å². The lowest BCUT2D eigenvalue weighted by atomic mass is 9.88. The normalized spacial score (nSPS) is 11.8. The molecule has 31 heavy (non-hydrogen) atoms. The van der Waals surface area contributed by atoms with Crippen LogP contribution in [0.1, 0.15) is 67.3 Å². The molecule has 2 aromatic carbocycles. The zero-order chi connectivity index (χ0) is 22.4. The Kier molecular flexibility index (Phi) is 5.47. The van der Waals surface area contributed by atoms with Crippen LogP contribution in [-0.2, 0) is 7.05 Å². The van der Waals surface area contributed by atoms with Gasteiger partial charge in [-0.05, 0) is 60.9 Å². The summed E-state index contributed by atoms with van der Waals surface area (Å²) < 4.78 is 8.50.